The molecule has 0 amide bonds. The first-order valence-electron chi connectivity index (χ1n) is 5.72. The highest BCUT2D eigenvalue weighted by Crippen LogP contribution is 2.65. The summed E-state index contributed by atoms with van der Waals surface area (Å²) in [7, 11) is 0. The quantitative estimate of drug-likeness (QED) is 0.441. The van der Waals surface area contributed by atoms with Gasteiger partial charge in [0.05, 0.1) is 6.10 Å². The van der Waals surface area contributed by atoms with Crippen LogP contribution in [0.5, 0.6) is 0 Å². The Kier molecular flexibility index (Phi) is 1.10. The van der Waals surface area contributed by atoms with Crippen LogP contribution in [-0.4, -0.2) is 11.2 Å². The molecule has 4 aliphatic carbocycles. The maximum Gasteiger partial charge on any atom is 0.0671 e. The minimum Gasteiger partial charge on any atom is -0.392 e. The second-order valence-electron chi connectivity index (χ2n) is 5.52. The minimum atomic E-state index is -0.00148. The number of hydrogen-bond donors (Lipinski definition) is 1. The molecule has 1 heteroatoms. The normalized spacial score (nSPS) is 66.4. The number of aliphatic hydroxyl groups excluding tert-OH is 1. The molecule has 4 rings (SSSR count). The molecular weight excluding hydrogens is 160 g/mol. The van der Waals surface area contributed by atoms with Crippen molar-refractivity contribution in [2.45, 2.75) is 25.4 Å². The van der Waals surface area contributed by atoms with Crippen molar-refractivity contribution < 1.29 is 5.11 Å². The first-order chi connectivity index (χ1) is 6.36. The zero-order valence-electron chi connectivity index (χ0n) is 7.76. The van der Waals surface area contributed by atoms with Gasteiger partial charge in [-0.2, -0.15) is 0 Å². The summed E-state index contributed by atoms with van der Waals surface area (Å²) in [5, 5.41) is 10.0. The molecule has 4 bridgehead atoms. The zero-order valence-corrected chi connectivity index (χ0v) is 7.76. The monoisotopic (exact) mass is 176 g/mol. The molecule has 1 N–H and O–H groups in total. The molecule has 1 nitrogen and oxygen atoms in total. The van der Waals surface area contributed by atoms with E-state index in [0.29, 0.717) is 11.8 Å². The van der Waals surface area contributed by atoms with Gasteiger partial charge in [-0.1, -0.05) is 12.2 Å². The van der Waals surface area contributed by atoms with Crippen LogP contribution in [-0.2, 0) is 0 Å². The van der Waals surface area contributed by atoms with Crippen molar-refractivity contribution in [2.24, 2.45) is 35.5 Å². The molecule has 0 radical (unpaired) electrons. The van der Waals surface area contributed by atoms with E-state index in [-0.39, 0.29) is 6.10 Å². The molecule has 1 unspecified atom stereocenters. The van der Waals surface area contributed by atoms with E-state index in [4.69, 9.17) is 0 Å². The predicted octanol–water partition coefficient (Wildman–Crippen LogP) is 1.83. The van der Waals surface area contributed by atoms with Crippen LogP contribution in [0.25, 0.3) is 0 Å². The van der Waals surface area contributed by atoms with E-state index in [9.17, 15) is 5.11 Å². The summed E-state index contributed by atoms with van der Waals surface area (Å²) in [6.45, 7) is 0. The maximum absolute atomic E-state index is 10.0. The Labute approximate surface area is 78.8 Å². The zero-order chi connectivity index (χ0) is 8.58. The fourth-order valence-electron chi connectivity index (χ4n) is 4.98. The number of rotatable bonds is 0. The van der Waals surface area contributed by atoms with E-state index in [2.05, 4.69) is 12.2 Å². The average molecular weight is 176 g/mol. The second-order valence-corrected chi connectivity index (χ2v) is 5.52. The third kappa shape index (κ3) is 0.633. The Morgan fingerprint density at radius 1 is 0.923 bits per heavy atom. The van der Waals surface area contributed by atoms with Gasteiger partial charge in [-0.15, -0.1) is 0 Å². The van der Waals surface area contributed by atoms with Gasteiger partial charge >= 0.3 is 0 Å². The lowest BCUT2D eigenvalue weighted by Gasteiger charge is -2.31. The lowest BCUT2D eigenvalue weighted by atomic mass is 9.73. The van der Waals surface area contributed by atoms with Gasteiger partial charge in [0.25, 0.3) is 0 Å². The van der Waals surface area contributed by atoms with Gasteiger partial charge in [0.15, 0.2) is 0 Å². The Bertz CT molecular complexity index is 257. The van der Waals surface area contributed by atoms with Crippen molar-refractivity contribution in [3.63, 3.8) is 0 Å². The molecule has 0 aromatic heterocycles. The van der Waals surface area contributed by atoms with E-state index in [1.807, 2.05) is 0 Å². The molecule has 0 saturated heterocycles. The molecule has 0 aromatic carbocycles. The third-order valence-electron chi connectivity index (χ3n) is 5.28. The van der Waals surface area contributed by atoms with E-state index in [1.54, 1.807) is 0 Å². The third-order valence-corrected chi connectivity index (χ3v) is 5.28. The summed E-state index contributed by atoms with van der Waals surface area (Å²) in [5.74, 6) is 4.80. The molecule has 0 aliphatic heterocycles. The Hall–Kier alpha value is -0.300. The first-order valence-corrected chi connectivity index (χ1v) is 5.72. The highest BCUT2D eigenvalue weighted by Gasteiger charge is 2.61. The SMILES string of the molecule is OC1[C@H]2C=C[C@@H]1[C@H]1[C@@H]3CC[C@@H](C3)[C@H]12. The maximum atomic E-state index is 10.0. The number of aliphatic hydroxyl groups is 1. The summed E-state index contributed by atoms with van der Waals surface area (Å²) in [5.41, 5.74) is 0. The van der Waals surface area contributed by atoms with Gasteiger partial charge in [0.2, 0.25) is 0 Å². The Balaban J connectivity index is 1.81. The lowest BCUT2D eigenvalue weighted by Crippen LogP contribution is -2.25. The molecule has 70 valence electrons. The summed E-state index contributed by atoms with van der Waals surface area (Å²) in [6.07, 6.45) is 8.99. The molecule has 3 saturated carbocycles. The van der Waals surface area contributed by atoms with Gasteiger partial charge < -0.3 is 5.11 Å². The fraction of sp³-hybridized carbons (Fsp3) is 0.833. The highest BCUT2D eigenvalue weighted by atomic mass is 16.3. The molecular formula is C12H16O. The van der Waals surface area contributed by atoms with Crippen molar-refractivity contribution >= 4 is 0 Å². The number of fused-ring (bicyclic) bond motifs is 9. The van der Waals surface area contributed by atoms with E-state index in [0.717, 1.165) is 23.7 Å². The van der Waals surface area contributed by atoms with Crippen molar-refractivity contribution in [1.82, 2.24) is 0 Å². The minimum absolute atomic E-state index is 0.00148. The standard InChI is InChI=1S/C12H16O/c13-12-8-3-4-9(12)11-7-2-1-6(5-7)10(8)11/h3-4,6-13H,1-2,5H2/t6-,7+,8-,9+,10-,11+,12?. The van der Waals surface area contributed by atoms with Crippen LogP contribution < -0.4 is 0 Å². The molecule has 7 atom stereocenters. The van der Waals surface area contributed by atoms with Crippen molar-refractivity contribution in [3.8, 4) is 0 Å². The van der Waals surface area contributed by atoms with Crippen molar-refractivity contribution in [3.05, 3.63) is 12.2 Å². The summed E-state index contributed by atoms with van der Waals surface area (Å²) in [6, 6.07) is 0. The second kappa shape index (κ2) is 2.03. The van der Waals surface area contributed by atoms with Crippen LogP contribution in [0, 0.1) is 35.5 Å². The van der Waals surface area contributed by atoms with E-state index in [1.165, 1.54) is 19.3 Å². The first kappa shape index (κ1) is 7.05. The molecule has 13 heavy (non-hydrogen) atoms. The predicted molar refractivity (Wildman–Crippen MR) is 49.9 cm³/mol. The van der Waals surface area contributed by atoms with Gasteiger partial charge in [0.1, 0.15) is 0 Å². The summed E-state index contributed by atoms with van der Waals surface area (Å²) in [4.78, 5) is 0. The van der Waals surface area contributed by atoms with Gasteiger partial charge in [-0.25, -0.2) is 0 Å². The Morgan fingerprint density at radius 3 is 2.00 bits per heavy atom. The van der Waals surface area contributed by atoms with E-state index < -0.39 is 0 Å². The van der Waals surface area contributed by atoms with E-state index >= 15 is 0 Å². The summed E-state index contributed by atoms with van der Waals surface area (Å²) < 4.78 is 0. The smallest absolute Gasteiger partial charge is 0.0671 e. The summed E-state index contributed by atoms with van der Waals surface area (Å²) >= 11 is 0. The fourth-order valence-corrected chi connectivity index (χ4v) is 4.98. The van der Waals surface area contributed by atoms with Gasteiger partial charge in [0, 0.05) is 11.8 Å². The lowest BCUT2D eigenvalue weighted by molar-refractivity contribution is 0.118. The van der Waals surface area contributed by atoms with Crippen LogP contribution in [0.3, 0.4) is 0 Å². The average Bonchev–Trinajstić information content (AvgIpc) is 2.84. The molecule has 0 spiro atoms. The topological polar surface area (TPSA) is 20.2 Å². The van der Waals surface area contributed by atoms with Crippen LogP contribution in [0.1, 0.15) is 19.3 Å². The van der Waals surface area contributed by atoms with Crippen LogP contribution in [0.2, 0.25) is 0 Å². The molecule has 3 fully saturated rings. The Morgan fingerprint density at radius 2 is 1.46 bits per heavy atom. The molecule has 0 heterocycles. The van der Waals surface area contributed by atoms with Crippen LogP contribution in [0.15, 0.2) is 12.2 Å². The highest BCUT2D eigenvalue weighted by molar-refractivity contribution is 5.23. The molecule has 4 aliphatic rings. The largest absolute Gasteiger partial charge is 0.392 e. The van der Waals surface area contributed by atoms with Crippen molar-refractivity contribution in [1.29, 1.82) is 0 Å². The van der Waals surface area contributed by atoms with Gasteiger partial charge in [-0.3, -0.25) is 0 Å². The number of hydrogen-bond acceptors (Lipinski definition) is 1. The van der Waals surface area contributed by atoms with Crippen LogP contribution >= 0.6 is 0 Å². The van der Waals surface area contributed by atoms with Gasteiger partial charge in [-0.05, 0) is 42.9 Å². The van der Waals surface area contributed by atoms with Crippen LogP contribution in [0.4, 0.5) is 0 Å². The van der Waals surface area contributed by atoms with Crippen molar-refractivity contribution in [2.75, 3.05) is 0 Å². The molecule has 0 aromatic rings.